The van der Waals surface area contributed by atoms with Crippen molar-refractivity contribution in [3.63, 3.8) is 0 Å². The van der Waals surface area contributed by atoms with Gasteiger partial charge in [-0.2, -0.15) is 5.10 Å². The summed E-state index contributed by atoms with van der Waals surface area (Å²) in [5.74, 6) is 0.592. The van der Waals surface area contributed by atoms with Crippen LogP contribution in [0.3, 0.4) is 0 Å². The summed E-state index contributed by atoms with van der Waals surface area (Å²) in [4.78, 5) is 18.2. The third-order valence-corrected chi connectivity index (χ3v) is 5.06. The molecule has 1 aliphatic rings. The summed E-state index contributed by atoms with van der Waals surface area (Å²) in [6.07, 6.45) is 9.13. The molecule has 8 nitrogen and oxygen atoms in total. The number of carbonyl (C=O) groups is 1. The van der Waals surface area contributed by atoms with Gasteiger partial charge < -0.3 is 14.7 Å². The molecular weight excluding hydrogens is 356 g/mol. The van der Waals surface area contributed by atoms with Crippen LogP contribution in [0.2, 0.25) is 0 Å². The third-order valence-electron chi connectivity index (χ3n) is 5.06. The Kier molecular flexibility index (Phi) is 5.36. The van der Waals surface area contributed by atoms with Crippen molar-refractivity contribution in [1.82, 2.24) is 30.6 Å². The maximum Gasteiger partial charge on any atom is 0.317 e. The van der Waals surface area contributed by atoms with Crippen LogP contribution in [0.4, 0.5) is 4.79 Å². The zero-order valence-electron chi connectivity index (χ0n) is 15.9. The van der Waals surface area contributed by atoms with Crippen molar-refractivity contribution >= 4 is 6.03 Å². The second kappa shape index (κ2) is 8.24. The lowest BCUT2D eigenvalue weighted by Gasteiger charge is -2.17. The molecule has 2 N–H and O–H groups in total. The fourth-order valence-corrected chi connectivity index (χ4v) is 3.50. The third kappa shape index (κ3) is 4.05. The first-order valence-electron chi connectivity index (χ1n) is 9.60. The minimum atomic E-state index is -0.176. The smallest absolute Gasteiger partial charge is 0.317 e. The zero-order valence-corrected chi connectivity index (χ0v) is 15.9. The summed E-state index contributed by atoms with van der Waals surface area (Å²) in [7, 11) is 1.77. The number of fused-ring (bicyclic) bond motifs is 1. The summed E-state index contributed by atoms with van der Waals surface area (Å²) in [5, 5.41) is 14.5. The Morgan fingerprint density at radius 3 is 3.07 bits per heavy atom. The molecule has 4 rings (SSSR count). The van der Waals surface area contributed by atoms with Crippen LogP contribution in [0.1, 0.15) is 42.0 Å². The molecule has 3 aromatic heterocycles. The predicted octanol–water partition coefficient (Wildman–Crippen LogP) is 3.07. The average molecular weight is 380 g/mol. The van der Waals surface area contributed by atoms with Gasteiger partial charge >= 0.3 is 6.03 Å². The molecule has 8 heteroatoms. The molecule has 0 radical (unpaired) electrons. The molecular formula is C20H24N6O2. The lowest BCUT2D eigenvalue weighted by Crippen LogP contribution is -2.36. The normalized spacial score (nSPS) is 13.6. The van der Waals surface area contributed by atoms with Crippen LogP contribution >= 0.6 is 0 Å². The number of aromatic amines is 1. The van der Waals surface area contributed by atoms with Crippen molar-refractivity contribution in [1.29, 1.82) is 0 Å². The van der Waals surface area contributed by atoms with Gasteiger partial charge in [0.15, 0.2) is 5.76 Å². The fourth-order valence-electron chi connectivity index (χ4n) is 3.50. The van der Waals surface area contributed by atoms with Crippen LogP contribution < -0.4 is 5.32 Å². The van der Waals surface area contributed by atoms with E-state index in [-0.39, 0.29) is 12.6 Å². The number of nitrogens with zero attached hydrogens (tertiary/aromatic N) is 4. The van der Waals surface area contributed by atoms with E-state index in [0.717, 1.165) is 24.1 Å². The summed E-state index contributed by atoms with van der Waals surface area (Å²) in [6.45, 7) is 0.754. The second-order valence-corrected chi connectivity index (χ2v) is 7.12. The van der Waals surface area contributed by atoms with Crippen molar-refractivity contribution < 1.29 is 9.32 Å². The van der Waals surface area contributed by atoms with E-state index in [1.165, 1.54) is 30.5 Å². The molecule has 0 aromatic carbocycles. The van der Waals surface area contributed by atoms with E-state index in [4.69, 9.17) is 4.52 Å². The van der Waals surface area contributed by atoms with Crippen molar-refractivity contribution in [2.24, 2.45) is 0 Å². The average Bonchev–Trinajstić information content (AvgIpc) is 3.27. The van der Waals surface area contributed by atoms with E-state index in [1.807, 2.05) is 18.2 Å². The summed E-state index contributed by atoms with van der Waals surface area (Å²) in [5.41, 5.74) is 5.05. The number of hydrogen-bond donors (Lipinski definition) is 2. The number of nitrogens with one attached hydrogen (secondary N) is 2. The number of aryl methyl sites for hydroxylation is 1. The SMILES string of the molecule is CN(Cc1n[nH]c2c1CCCCC2)C(=O)NCc1cc(-c2cccnc2)no1. The first-order valence-corrected chi connectivity index (χ1v) is 9.60. The van der Waals surface area contributed by atoms with E-state index in [2.05, 4.69) is 25.7 Å². The number of carbonyl (C=O) groups excluding carboxylic acids is 1. The Labute approximate surface area is 163 Å². The first-order chi connectivity index (χ1) is 13.7. The highest BCUT2D eigenvalue weighted by atomic mass is 16.5. The molecule has 0 saturated heterocycles. The minimum Gasteiger partial charge on any atom is -0.359 e. The van der Waals surface area contributed by atoms with E-state index in [0.29, 0.717) is 18.0 Å². The number of rotatable bonds is 5. The molecule has 0 spiro atoms. The Morgan fingerprint density at radius 1 is 1.32 bits per heavy atom. The van der Waals surface area contributed by atoms with Gasteiger partial charge in [0.05, 0.1) is 18.8 Å². The summed E-state index contributed by atoms with van der Waals surface area (Å²) in [6, 6.07) is 5.39. The van der Waals surface area contributed by atoms with Crippen molar-refractivity contribution in [3.05, 3.63) is 53.3 Å². The summed E-state index contributed by atoms with van der Waals surface area (Å²) >= 11 is 0. The van der Waals surface area contributed by atoms with E-state index in [1.54, 1.807) is 24.3 Å². The number of hydrogen-bond acceptors (Lipinski definition) is 5. The second-order valence-electron chi connectivity index (χ2n) is 7.12. The zero-order chi connectivity index (χ0) is 19.3. The van der Waals surface area contributed by atoms with Crippen LogP contribution in [-0.2, 0) is 25.9 Å². The molecule has 0 bridgehead atoms. The number of pyridine rings is 1. The van der Waals surface area contributed by atoms with Crippen molar-refractivity contribution in [3.8, 4) is 11.3 Å². The first kappa shape index (κ1) is 18.2. The van der Waals surface area contributed by atoms with Crippen LogP contribution in [0.15, 0.2) is 35.1 Å². The van der Waals surface area contributed by atoms with E-state index < -0.39 is 0 Å². The highest BCUT2D eigenvalue weighted by Gasteiger charge is 2.19. The summed E-state index contributed by atoms with van der Waals surface area (Å²) < 4.78 is 5.32. The standard InChI is InChI=1S/C20H24N6O2/c1-26(13-19-16-7-3-2-4-8-17(16)23-24-19)20(27)22-12-15-10-18(25-28-15)14-6-5-9-21-11-14/h5-6,9-11H,2-4,7-8,12-13H2,1H3,(H,22,27)(H,23,24). The fraction of sp³-hybridized carbons (Fsp3) is 0.400. The van der Waals surface area contributed by atoms with E-state index in [9.17, 15) is 4.79 Å². The Bertz CT molecular complexity index is 933. The van der Waals surface area contributed by atoms with Gasteiger partial charge in [-0.3, -0.25) is 10.1 Å². The van der Waals surface area contributed by atoms with Gasteiger partial charge in [-0.05, 0) is 43.4 Å². The maximum absolute atomic E-state index is 12.5. The van der Waals surface area contributed by atoms with Gasteiger partial charge in [0.1, 0.15) is 5.69 Å². The monoisotopic (exact) mass is 380 g/mol. The van der Waals surface area contributed by atoms with Crippen LogP contribution in [0, 0.1) is 0 Å². The van der Waals surface area contributed by atoms with E-state index >= 15 is 0 Å². The topological polar surface area (TPSA) is 99.9 Å². The number of aromatic nitrogens is 4. The molecule has 1 aliphatic carbocycles. The van der Waals surface area contributed by atoms with Gasteiger partial charge in [-0.15, -0.1) is 0 Å². The number of H-pyrrole nitrogens is 1. The van der Waals surface area contributed by atoms with Crippen LogP contribution in [-0.4, -0.2) is 38.3 Å². The van der Waals surface area contributed by atoms with Crippen molar-refractivity contribution in [2.45, 2.75) is 45.2 Å². The van der Waals surface area contributed by atoms with Gasteiger partial charge in [0.2, 0.25) is 0 Å². The molecule has 28 heavy (non-hydrogen) atoms. The number of amides is 2. The highest BCUT2D eigenvalue weighted by molar-refractivity contribution is 5.73. The molecule has 146 valence electrons. The molecule has 3 aromatic rings. The Balaban J connectivity index is 1.33. The van der Waals surface area contributed by atoms with Gasteiger partial charge in [-0.25, -0.2) is 4.79 Å². The van der Waals surface area contributed by atoms with Gasteiger partial charge in [0.25, 0.3) is 0 Å². The number of urea groups is 1. The molecule has 3 heterocycles. The molecule has 0 atom stereocenters. The highest BCUT2D eigenvalue weighted by Crippen LogP contribution is 2.22. The van der Waals surface area contributed by atoms with Crippen LogP contribution in [0.5, 0.6) is 0 Å². The lowest BCUT2D eigenvalue weighted by molar-refractivity contribution is 0.204. The quantitative estimate of drug-likeness (QED) is 0.663. The van der Waals surface area contributed by atoms with Gasteiger partial charge in [-0.1, -0.05) is 11.6 Å². The predicted molar refractivity (Wildman–Crippen MR) is 103 cm³/mol. The lowest BCUT2D eigenvalue weighted by atomic mass is 10.1. The molecule has 0 fully saturated rings. The maximum atomic E-state index is 12.5. The Morgan fingerprint density at radius 2 is 2.21 bits per heavy atom. The minimum absolute atomic E-state index is 0.176. The molecule has 0 aliphatic heterocycles. The van der Waals surface area contributed by atoms with Crippen LogP contribution in [0.25, 0.3) is 11.3 Å². The Hall–Kier alpha value is -3.16. The molecule has 2 amide bonds. The molecule has 0 unspecified atom stereocenters. The van der Waals surface area contributed by atoms with Crippen molar-refractivity contribution in [2.75, 3.05) is 7.05 Å². The molecule has 0 saturated carbocycles. The largest absolute Gasteiger partial charge is 0.359 e. The van der Waals surface area contributed by atoms with Gasteiger partial charge in [0, 0.05) is 36.8 Å².